The minimum absolute atomic E-state index is 0.209. The van der Waals surface area contributed by atoms with E-state index in [2.05, 4.69) is 73.7 Å². The Morgan fingerprint density at radius 3 is 2.44 bits per heavy atom. The third-order valence-corrected chi connectivity index (χ3v) is 7.63. The maximum absolute atomic E-state index is 11.7. The van der Waals surface area contributed by atoms with Crippen molar-refractivity contribution in [2.24, 2.45) is 11.3 Å². The lowest BCUT2D eigenvalue weighted by Crippen LogP contribution is -2.31. The number of carboxylic acid groups (broad SMARTS) is 1. The fourth-order valence-corrected chi connectivity index (χ4v) is 5.85. The molecule has 0 radical (unpaired) electrons. The van der Waals surface area contributed by atoms with Gasteiger partial charge in [0.2, 0.25) is 0 Å². The second-order valence-electron chi connectivity index (χ2n) is 9.72. The summed E-state index contributed by atoms with van der Waals surface area (Å²) in [6, 6.07) is 21.6. The molecule has 3 aliphatic rings. The summed E-state index contributed by atoms with van der Waals surface area (Å²) in [5, 5.41) is 9.63. The number of carboxylic acids is 1. The molecule has 0 spiro atoms. The predicted octanol–water partition coefficient (Wildman–Crippen LogP) is 7.33. The van der Waals surface area contributed by atoms with E-state index in [0.717, 1.165) is 25.7 Å². The first-order valence-electron chi connectivity index (χ1n) is 11.7. The zero-order valence-electron chi connectivity index (χ0n) is 18.6. The lowest BCUT2D eigenvalue weighted by Gasteiger charge is -2.43. The summed E-state index contributed by atoms with van der Waals surface area (Å²) in [5.74, 6) is 0.0132. The van der Waals surface area contributed by atoms with E-state index in [1.54, 1.807) is 11.6 Å². The zero-order valence-corrected chi connectivity index (χ0v) is 18.6. The minimum Gasteiger partial charge on any atom is -0.478 e. The maximum atomic E-state index is 11.7. The lowest BCUT2D eigenvalue weighted by atomic mass is 9.61. The van der Waals surface area contributed by atoms with Gasteiger partial charge in [-0.25, -0.2) is 4.79 Å². The Bertz CT molecular complexity index is 1130. The third-order valence-electron chi connectivity index (χ3n) is 7.63. The summed E-state index contributed by atoms with van der Waals surface area (Å²) in [6.45, 7) is 2.24. The number of hydrogen-bond acceptors (Lipinski definition) is 1. The van der Waals surface area contributed by atoms with Crippen LogP contribution < -0.4 is 0 Å². The molecule has 3 aliphatic carbocycles. The van der Waals surface area contributed by atoms with Crippen LogP contribution in [0, 0.1) is 11.3 Å². The number of allylic oxidation sites excluding steroid dienone is 6. The molecule has 32 heavy (non-hydrogen) atoms. The van der Waals surface area contributed by atoms with Gasteiger partial charge in [-0.1, -0.05) is 97.5 Å². The van der Waals surface area contributed by atoms with E-state index in [4.69, 9.17) is 0 Å². The summed E-state index contributed by atoms with van der Waals surface area (Å²) >= 11 is 0. The topological polar surface area (TPSA) is 37.3 Å². The molecule has 0 saturated heterocycles. The molecule has 162 valence electrons. The van der Waals surface area contributed by atoms with Crippen LogP contribution in [0.5, 0.6) is 0 Å². The second kappa shape index (κ2) is 8.43. The van der Waals surface area contributed by atoms with Crippen molar-refractivity contribution in [2.45, 2.75) is 44.9 Å². The summed E-state index contributed by atoms with van der Waals surface area (Å²) in [6.07, 6.45) is 13.6. The molecule has 3 unspecified atom stereocenters. The highest BCUT2D eigenvalue weighted by Gasteiger charge is 2.40. The highest BCUT2D eigenvalue weighted by atomic mass is 16.4. The van der Waals surface area contributed by atoms with Crippen molar-refractivity contribution in [1.82, 2.24) is 0 Å². The summed E-state index contributed by atoms with van der Waals surface area (Å²) in [5.41, 5.74) is 7.33. The molecule has 5 rings (SSSR count). The van der Waals surface area contributed by atoms with Crippen molar-refractivity contribution in [3.63, 3.8) is 0 Å². The third kappa shape index (κ3) is 3.90. The van der Waals surface area contributed by atoms with Gasteiger partial charge in [0.1, 0.15) is 0 Å². The first kappa shape index (κ1) is 20.8. The zero-order chi connectivity index (χ0) is 22.1. The molecule has 2 nitrogen and oxygen atoms in total. The quantitative estimate of drug-likeness (QED) is 0.560. The Morgan fingerprint density at radius 1 is 1.00 bits per heavy atom. The van der Waals surface area contributed by atoms with Crippen LogP contribution in [0.15, 0.2) is 102 Å². The smallest absolute Gasteiger partial charge is 0.335 e. The van der Waals surface area contributed by atoms with Gasteiger partial charge in [-0.05, 0) is 71.6 Å². The normalized spacial score (nSPS) is 27.4. The number of rotatable bonds is 4. The Hall–Kier alpha value is -3.13. The van der Waals surface area contributed by atoms with Gasteiger partial charge in [0, 0.05) is 0 Å². The van der Waals surface area contributed by atoms with Crippen LogP contribution in [0.3, 0.4) is 0 Å². The molecule has 0 aliphatic heterocycles. The van der Waals surface area contributed by atoms with Gasteiger partial charge in [-0.3, -0.25) is 0 Å². The summed E-state index contributed by atoms with van der Waals surface area (Å²) < 4.78 is 0. The van der Waals surface area contributed by atoms with E-state index in [0.29, 0.717) is 11.5 Å². The first-order valence-corrected chi connectivity index (χ1v) is 11.7. The van der Waals surface area contributed by atoms with Crippen molar-refractivity contribution in [1.29, 1.82) is 0 Å². The van der Waals surface area contributed by atoms with Crippen molar-refractivity contribution in [3.05, 3.63) is 113 Å². The molecule has 0 fully saturated rings. The molecular weight excluding hydrogens is 392 g/mol. The fraction of sp³-hybridized carbons (Fsp3) is 0.300. The summed E-state index contributed by atoms with van der Waals surface area (Å²) in [7, 11) is 0. The van der Waals surface area contributed by atoms with E-state index in [1.165, 1.54) is 28.7 Å². The first-order chi connectivity index (χ1) is 15.5. The van der Waals surface area contributed by atoms with Gasteiger partial charge < -0.3 is 5.11 Å². The molecule has 0 heterocycles. The molecule has 0 amide bonds. The Morgan fingerprint density at radius 2 is 1.72 bits per heavy atom. The molecular formula is C30H30O2. The van der Waals surface area contributed by atoms with Gasteiger partial charge in [0.15, 0.2) is 0 Å². The van der Waals surface area contributed by atoms with Crippen LogP contribution in [-0.2, 0) is 4.79 Å². The van der Waals surface area contributed by atoms with Crippen molar-refractivity contribution in [3.8, 4) is 0 Å². The van der Waals surface area contributed by atoms with Crippen LogP contribution in [0.4, 0.5) is 0 Å². The molecule has 3 atom stereocenters. The largest absolute Gasteiger partial charge is 0.478 e. The van der Waals surface area contributed by atoms with Crippen LogP contribution in [-0.4, -0.2) is 11.1 Å². The van der Waals surface area contributed by atoms with E-state index >= 15 is 0 Å². The van der Waals surface area contributed by atoms with Crippen molar-refractivity contribution in [2.75, 3.05) is 0 Å². The second-order valence-corrected chi connectivity index (χ2v) is 9.72. The highest BCUT2D eigenvalue weighted by Crippen LogP contribution is 2.53. The standard InChI is InChI=1S/C30H30O2/c1-30(16-8-13-25(20-30)29(31)32)28-19-24-15-14-23(21-9-4-2-5-10-21)17-26(24)18-27(28)22-11-6-3-7-12-22/h2-13,18,20,23,28H,14-17,19H2,1H3,(H,31,32). The van der Waals surface area contributed by atoms with Crippen LogP contribution >= 0.6 is 0 Å². The van der Waals surface area contributed by atoms with Gasteiger partial charge in [0.05, 0.1) is 5.57 Å². The average molecular weight is 423 g/mol. The molecule has 2 aromatic rings. The van der Waals surface area contributed by atoms with Gasteiger partial charge in [-0.15, -0.1) is 0 Å². The molecule has 0 aromatic heterocycles. The number of aliphatic carboxylic acids is 1. The van der Waals surface area contributed by atoms with E-state index in [-0.39, 0.29) is 11.3 Å². The highest BCUT2D eigenvalue weighted by molar-refractivity contribution is 5.90. The van der Waals surface area contributed by atoms with Gasteiger partial charge in [0.25, 0.3) is 0 Å². The van der Waals surface area contributed by atoms with Crippen molar-refractivity contribution >= 4 is 11.5 Å². The Kier molecular flexibility index (Phi) is 5.46. The fourth-order valence-electron chi connectivity index (χ4n) is 5.85. The van der Waals surface area contributed by atoms with E-state index in [1.807, 2.05) is 12.2 Å². The number of hydrogen-bond donors (Lipinski definition) is 1. The molecule has 2 heteroatoms. The molecule has 1 N–H and O–H groups in total. The molecule has 0 bridgehead atoms. The maximum Gasteiger partial charge on any atom is 0.335 e. The molecule has 0 saturated carbocycles. The van der Waals surface area contributed by atoms with Crippen molar-refractivity contribution < 1.29 is 9.90 Å². The van der Waals surface area contributed by atoms with Gasteiger partial charge in [-0.2, -0.15) is 0 Å². The van der Waals surface area contributed by atoms with Crippen LogP contribution in [0.25, 0.3) is 5.57 Å². The minimum atomic E-state index is -0.837. The average Bonchev–Trinajstić information content (AvgIpc) is 2.84. The Balaban J connectivity index is 1.53. The summed E-state index contributed by atoms with van der Waals surface area (Å²) in [4.78, 5) is 11.7. The number of carbonyl (C=O) groups is 1. The van der Waals surface area contributed by atoms with Gasteiger partial charge >= 0.3 is 5.97 Å². The lowest BCUT2D eigenvalue weighted by molar-refractivity contribution is -0.132. The SMILES string of the molecule is CC1(C2CC3=C(C=C2c2ccccc2)CC(c2ccccc2)CC3)C=C(C(=O)O)C=CC1. The molecule has 2 aromatic carbocycles. The number of benzene rings is 2. The van der Waals surface area contributed by atoms with Crippen LogP contribution in [0.1, 0.15) is 56.1 Å². The van der Waals surface area contributed by atoms with E-state index < -0.39 is 5.97 Å². The Labute approximate surface area is 190 Å². The monoisotopic (exact) mass is 422 g/mol. The van der Waals surface area contributed by atoms with Crippen LogP contribution in [0.2, 0.25) is 0 Å². The predicted molar refractivity (Wildman–Crippen MR) is 130 cm³/mol. The van der Waals surface area contributed by atoms with E-state index in [9.17, 15) is 9.90 Å².